The lowest BCUT2D eigenvalue weighted by atomic mass is 10.3. The number of nitrogens with two attached hydrogens (primary N) is 1. The van der Waals surface area contributed by atoms with E-state index in [9.17, 15) is 0 Å². The van der Waals surface area contributed by atoms with E-state index in [4.69, 9.17) is 33.7 Å². The molecule has 1 aromatic carbocycles. The average Bonchev–Trinajstić information content (AvgIpc) is 2.34. The highest BCUT2D eigenvalue weighted by atomic mass is 35.5. The van der Waals surface area contributed by atoms with Crippen molar-refractivity contribution in [2.75, 3.05) is 24.7 Å². The zero-order valence-electron chi connectivity index (χ0n) is 10.4. The molecule has 0 fully saturated rings. The van der Waals surface area contributed by atoms with E-state index >= 15 is 0 Å². The first-order valence-electron chi connectivity index (χ1n) is 5.39. The van der Waals surface area contributed by atoms with E-state index in [1.165, 1.54) is 6.33 Å². The van der Waals surface area contributed by atoms with Gasteiger partial charge in [-0.3, -0.25) is 0 Å². The van der Waals surface area contributed by atoms with Crippen LogP contribution in [0.3, 0.4) is 0 Å². The Balaban J connectivity index is 2.34. The van der Waals surface area contributed by atoms with Gasteiger partial charge in [0.25, 0.3) is 0 Å². The summed E-state index contributed by atoms with van der Waals surface area (Å²) in [5, 5.41) is 0.657. The Hall–Kier alpha value is -1.72. The standard InChI is InChI=1S/C12H12Cl2N4O/c1-18(2)10-5-11(17-6-16-10)19-12-8(13)3-7(15)4-9(12)14/h3-6H,15H2,1-2H3. The second kappa shape index (κ2) is 5.50. The smallest absolute Gasteiger partial charge is 0.224 e. The molecule has 0 spiro atoms. The van der Waals surface area contributed by atoms with E-state index in [-0.39, 0.29) is 0 Å². The summed E-state index contributed by atoms with van der Waals surface area (Å²) in [6.07, 6.45) is 1.41. The Morgan fingerprint density at radius 3 is 2.32 bits per heavy atom. The van der Waals surface area contributed by atoms with Gasteiger partial charge in [0.15, 0.2) is 5.75 Å². The van der Waals surface area contributed by atoms with Gasteiger partial charge in [0.2, 0.25) is 5.88 Å². The maximum absolute atomic E-state index is 6.04. The van der Waals surface area contributed by atoms with Crippen LogP contribution in [0.5, 0.6) is 11.6 Å². The molecule has 2 N–H and O–H groups in total. The molecule has 0 amide bonds. The third kappa shape index (κ3) is 3.19. The number of rotatable bonds is 3. The molecule has 0 radical (unpaired) electrons. The van der Waals surface area contributed by atoms with Crippen molar-refractivity contribution in [3.8, 4) is 11.6 Å². The molecule has 1 aromatic heterocycles. The van der Waals surface area contributed by atoms with Crippen LogP contribution in [0, 0.1) is 0 Å². The van der Waals surface area contributed by atoms with Crippen LogP contribution >= 0.6 is 23.2 Å². The minimum absolute atomic E-state index is 0.320. The molecule has 7 heteroatoms. The van der Waals surface area contributed by atoms with Crippen molar-refractivity contribution < 1.29 is 4.74 Å². The van der Waals surface area contributed by atoms with Crippen LogP contribution in [0.15, 0.2) is 24.5 Å². The quantitative estimate of drug-likeness (QED) is 0.882. The number of benzene rings is 1. The van der Waals surface area contributed by atoms with Crippen LogP contribution in [0.1, 0.15) is 0 Å². The summed E-state index contributed by atoms with van der Waals surface area (Å²) >= 11 is 12.1. The Bertz CT molecular complexity index is 581. The Morgan fingerprint density at radius 1 is 1.11 bits per heavy atom. The fraction of sp³-hybridized carbons (Fsp3) is 0.167. The van der Waals surface area contributed by atoms with Crippen molar-refractivity contribution in [1.29, 1.82) is 0 Å². The summed E-state index contributed by atoms with van der Waals surface area (Å²) in [6, 6.07) is 4.82. The molecule has 0 aliphatic carbocycles. The zero-order valence-corrected chi connectivity index (χ0v) is 11.9. The first-order valence-corrected chi connectivity index (χ1v) is 6.14. The second-order valence-corrected chi connectivity index (χ2v) is 4.84. The van der Waals surface area contributed by atoms with Crippen molar-refractivity contribution >= 4 is 34.7 Å². The van der Waals surface area contributed by atoms with Gasteiger partial charge in [-0.05, 0) is 12.1 Å². The highest BCUT2D eigenvalue weighted by Crippen LogP contribution is 2.37. The Kier molecular flexibility index (Phi) is 3.97. The minimum atomic E-state index is 0.320. The van der Waals surface area contributed by atoms with Gasteiger partial charge < -0.3 is 15.4 Å². The number of hydrogen-bond acceptors (Lipinski definition) is 5. The number of halogens is 2. The molecule has 5 nitrogen and oxygen atoms in total. The molecule has 100 valence electrons. The van der Waals surface area contributed by atoms with Crippen molar-refractivity contribution in [3.05, 3.63) is 34.6 Å². The monoisotopic (exact) mass is 298 g/mol. The predicted octanol–water partition coefficient (Wildman–Crippen LogP) is 3.22. The lowest BCUT2D eigenvalue weighted by molar-refractivity contribution is 0.462. The summed E-state index contributed by atoms with van der Waals surface area (Å²) in [4.78, 5) is 9.94. The van der Waals surface area contributed by atoms with Gasteiger partial charge in [-0.25, -0.2) is 9.97 Å². The van der Waals surface area contributed by atoms with Crippen LogP contribution in [0.25, 0.3) is 0 Å². The zero-order chi connectivity index (χ0) is 14.0. The SMILES string of the molecule is CN(C)c1cc(Oc2c(Cl)cc(N)cc2Cl)ncn1. The first kappa shape index (κ1) is 13.7. The van der Waals surface area contributed by atoms with Crippen molar-refractivity contribution in [2.45, 2.75) is 0 Å². The van der Waals surface area contributed by atoms with Gasteiger partial charge >= 0.3 is 0 Å². The fourth-order valence-electron chi connectivity index (χ4n) is 1.41. The third-order valence-corrected chi connectivity index (χ3v) is 2.87. The van der Waals surface area contributed by atoms with Gasteiger partial charge in [-0.1, -0.05) is 23.2 Å². The van der Waals surface area contributed by atoms with Crippen molar-refractivity contribution in [3.63, 3.8) is 0 Å². The summed E-state index contributed by atoms with van der Waals surface area (Å²) in [5.41, 5.74) is 6.10. The van der Waals surface area contributed by atoms with Gasteiger partial charge in [-0.2, -0.15) is 0 Å². The van der Waals surface area contributed by atoms with E-state index in [2.05, 4.69) is 9.97 Å². The molecule has 19 heavy (non-hydrogen) atoms. The number of nitrogen functional groups attached to an aromatic ring is 1. The van der Waals surface area contributed by atoms with Crippen LogP contribution in [-0.2, 0) is 0 Å². The third-order valence-electron chi connectivity index (χ3n) is 2.31. The molecule has 0 aliphatic heterocycles. The molecule has 0 bridgehead atoms. The number of aromatic nitrogens is 2. The van der Waals surface area contributed by atoms with E-state index in [0.29, 0.717) is 33.2 Å². The minimum Gasteiger partial charge on any atom is -0.436 e. The largest absolute Gasteiger partial charge is 0.436 e. The lowest BCUT2D eigenvalue weighted by Gasteiger charge is -2.13. The molecule has 2 rings (SSSR count). The predicted molar refractivity (Wildman–Crippen MR) is 77.3 cm³/mol. The maximum atomic E-state index is 6.04. The summed E-state index contributed by atoms with van der Waals surface area (Å²) in [6.45, 7) is 0. The van der Waals surface area contributed by atoms with Gasteiger partial charge in [0.05, 0.1) is 10.0 Å². The second-order valence-electron chi connectivity index (χ2n) is 4.02. The number of hydrogen-bond donors (Lipinski definition) is 1. The number of anilines is 2. The van der Waals surface area contributed by atoms with Crippen LogP contribution < -0.4 is 15.4 Å². The average molecular weight is 299 g/mol. The number of nitrogens with zero attached hydrogens (tertiary/aromatic N) is 3. The normalized spacial score (nSPS) is 10.3. The van der Waals surface area contributed by atoms with Crippen LogP contribution in [0.2, 0.25) is 10.0 Å². The molecule has 0 atom stereocenters. The van der Waals surface area contributed by atoms with Crippen LogP contribution in [-0.4, -0.2) is 24.1 Å². The highest BCUT2D eigenvalue weighted by Gasteiger charge is 2.11. The van der Waals surface area contributed by atoms with Crippen molar-refractivity contribution in [2.24, 2.45) is 0 Å². The lowest BCUT2D eigenvalue weighted by Crippen LogP contribution is -2.10. The first-order chi connectivity index (χ1) is 8.97. The maximum Gasteiger partial charge on any atom is 0.224 e. The molecule has 0 saturated heterocycles. The Labute approximate surface area is 120 Å². The molecular formula is C12H12Cl2N4O. The van der Waals surface area contributed by atoms with E-state index in [1.807, 2.05) is 19.0 Å². The molecule has 0 unspecified atom stereocenters. The molecule has 0 aliphatic rings. The van der Waals surface area contributed by atoms with E-state index in [0.717, 1.165) is 0 Å². The van der Waals surface area contributed by atoms with E-state index < -0.39 is 0 Å². The van der Waals surface area contributed by atoms with Gasteiger partial charge in [0.1, 0.15) is 12.1 Å². The van der Waals surface area contributed by atoms with Gasteiger partial charge in [-0.15, -0.1) is 0 Å². The topological polar surface area (TPSA) is 64.3 Å². The molecule has 1 heterocycles. The molecular weight excluding hydrogens is 287 g/mol. The summed E-state index contributed by atoms with van der Waals surface area (Å²) < 4.78 is 5.59. The fourth-order valence-corrected chi connectivity index (χ4v) is 1.99. The van der Waals surface area contributed by atoms with Crippen LogP contribution in [0.4, 0.5) is 11.5 Å². The molecule has 0 saturated carbocycles. The van der Waals surface area contributed by atoms with E-state index in [1.54, 1.807) is 18.2 Å². The molecule has 2 aromatic rings. The van der Waals surface area contributed by atoms with Gasteiger partial charge in [0, 0.05) is 25.8 Å². The highest BCUT2D eigenvalue weighted by molar-refractivity contribution is 6.37. The van der Waals surface area contributed by atoms with Crippen molar-refractivity contribution in [1.82, 2.24) is 9.97 Å². The Morgan fingerprint density at radius 2 is 1.74 bits per heavy atom. The number of ether oxygens (including phenoxy) is 1. The summed E-state index contributed by atoms with van der Waals surface area (Å²) in [7, 11) is 3.74. The summed E-state index contributed by atoms with van der Waals surface area (Å²) in [5.74, 6) is 1.39.